The van der Waals surface area contributed by atoms with Crippen LogP contribution in [-0.2, 0) is 11.3 Å². The quantitative estimate of drug-likeness (QED) is 0.690. The standard InChI is InChI=1S/C17H26N2O2/c1-6-11-19(13-17(20)18(4)14(2)3)12-15-7-9-16(21-5)10-8-15/h6-10,14H,1,11-13H2,2-5H3. The Hall–Kier alpha value is -1.81. The summed E-state index contributed by atoms with van der Waals surface area (Å²) in [6, 6.07) is 8.12. The molecule has 0 heterocycles. The maximum Gasteiger partial charge on any atom is 0.236 e. The van der Waals surface area contributed by atoms with E-state index in [0.717, 1.165) is 11.3 Å². The molecule has 0 saturated carbocycles. The van der Waals surface area contributed by atoms with Gasteiger partial charge in [-0.3, -0.25) is 9.69 Å². The van der Waals surface area contributed by atoms with Crippen molar-refractivity contribution in [3.63, 3.8) is 0 Å². The molecule has 0 fully saturated rings. The number of likely N-dealkylation sites (N-methyl/N-ethyl adjacent to an activating group) is 1. The molecule has 0 bridgehead atoms. The number of amides is 1. The molecular formula is C17H26N2O2. The van der Waals surface area contributed by atoms with E-state index in [1.165, 1.54) is 0 Å². The van der Waals surface area contributed by atoms with Gasteiger partial charge in [0.25, 0.3) is 0 Å². The summed E-state index contributed by atoms with van der Waals surface area (Å²) in [5, 5.41) is 0. The number of hydrogen-bond donors (Lipinski definition) is 0. The van der Waals surface area contributed by atoms with Crippen LogP contribution in [0.4, 0.5) is 0 Å². The van der Waals surface area contributed by atoms with Crippen LogP contribution in [0.15, 0.2) is 36.9 Å². The highest BCUT2D eigenvalue weighted by atomic mass is 16.5. The zero-order chi connectivity index (χ0) is 15.8. The number of carbonyl (C=O) groups excluding carboxylic acids is 1. The van der Waals surface area contributed by atoms with E-state index in [9.17, 15) is 4.79 Å². The van der Waals surface area contributed by atoms with E-state index in [1.54, 1.807) is 12.0 Å². The Morgan fingerprint density at radius 1 is 1.33 bits per heavy atom. The Bertz CT molecular complexity index is 454. The minimum absolute atomic E-state index is 0.125. The summed E-state index contributed by atoms with van der Waals surface area (Å²) in [6.07, 6.45) is 1.83. The molecule has 0 saturated heterocycles. The van der Waals surface area contributed by atoms with Crippen molar-refractivity contribution < 1.29 is 9.53 Å². The van der Waals surface area contributed by atoms with Crippen LogP contribution in [0, 0.1) is 0 Å². The SMILES string of the molecule is C=CCN(CC(=O)N(C)C(C)C)Cc1ccc(OC)cc1. The lowest BCUT2D eigenvalue weighted by molar-refractivity contribution is -0.132. The van der Waals surface area contributed by atoms with Crippen LogP contribution in [0.2, 0.25) is 0 Å². The molecule has 0 aliphatic rings. The molecule has 0 aliphatic heterocycles. The third-order valence-electron chi connectivity index (χ3n) is 3.48. The number of carbonyl (C=O) groups is 1. The highest BCUT2D eigenvalue weighted by Gasteiger charge is 2.16. The Morgan fingerprint density at radius 2 is 1.95 bits per heavy atom. The lowest BCUT2D eigenvalue weighted by atomic mass is 10.2. The zero-order valence-corrected chi connectivity index (χ0v) is 13.5. The summed E-state index contributed by atoms with van der Waals surface area (Å²) >= 11 is 0. The third kappa shape index (κ3) is 5.60. The highest BCUT2D eigenvalue weighted by Crippen LogP contribution is 2.13. The summed E-state index contributed by atoms with van der Waals surface area (Å²) in [4.78, 5) is 16.0. The van der Waals surface area contributed by atoms with Crippen LogP contribution < -0.4 is 4.74 Å². The van der Waals surface area contributed by atoms with Gasteiger partial charge in [-0.05, 0) is 31.5 Å². The van der Waals surface area contributed by atoms with Gasteiger partial charge < -0.3 is 9.64 Å². The Balaban J connectivity index is 2.68. The van der Waals surface area contributed by atoms with E-state index in [0.29, 0.717) is 19.6 Å². The fourth-order valence-corrected chi connectivity index (χ4v) is 1.95. The average Bonchev–Trinajstić information content (AvgIpc) is 2.47. The molecule has 1 aromatic rings. The van der Waals surface area contributed by atoms with Gasteiger partial charge in [-0.2, -0.15) is 0 Å². The number of benzene rings is 1. The molecule has 0 aromatic heterocycles. The topological polar surface area (TPSA) is 32.8 Å². The molecule has 4 nitrogen and oxygen atoms in total. The van der Waals surface area contributed by atoms with Crippen molar-refractivity contribution in [1.82, 2.24) is 9.80 Å². The van der Waals surface area contributed by atoms with E-state index in [4.69, 9.17) is 4.74 Å². The second-order valence-electron chi connectivity index (χ2n) is 5.40. The first-order valence-corrected chi connectivity index (χ1v) is 7.19. The van der Waals surface area contributed by atoms with E-state index in [2.05, 4.69) is 11.5 Å². The summed E-state index contributed by atoms with van der Waals surface area (Å²) in [6.45, 7) is 9.59. The summed E-state index contributed by atoms with van der Waals surface area (Å²) in [5.41, 5.74) is 1.15. The van der Waals surface area contributed by atoms with Crippen molar-refractivity contribution in [3.05, 3.63) is 42.5 Å². The molecule has 1 aromatic carbocycles. The molecule has 0 atom stereocenters. The Labute approximate surface area is 128 Å². The lowest BCUT2D eigenvalue weighted by Gasteiger charge is -2.26. The number of rotatable bonds is 8. The predicted molar refractivity (Wildman–Crippen MR) is 86.4 cm³/mol. The summed E-state index contributed by atoms with van der Waals surface area (Å²) < 4.78 is 5.15. The first kappa shape index (κ1) is 17.2. The molecule has 1 rings (SSSR count). The van der Waals surface area contributed by atoms with Gasteiger partial charge in [-0.25, -0.2) is 0 Å². The fourth-order valence-electron chi connectivity index (χ4n) is 1.95. The Kier molecular flexibility index (Phi) is 6.96. The van der Waals surface area contributed by atoms with Gasteiger partial charge in [0, 0.05) is 26.2 Å². The van der Waals surface area contributed by atoms with Gasteiger partial charge in [-0.1, -0.05) is 18.2 Å². The van der Waals surface area contributed by atoms with Crippen LogP contribution in [0.3, 0.4) is 0 Å². The van der Waals surface area contributed by atoms with Crippen molar-refractivity contribution >= 4 is 5.91 Å². The average molecular weight is 290 g/mol. The fraction of sp³-hybridized carbons (Fsp3) is 0.471. The number of methoxy groups -OCH3 is 1. The molecule has 21 heavy (non-hydrogen) atoms. The normalized spacial score (nSPS) is 10.8. The minimum Gasteiger partial charge on any atom is -0.497 e. The maximum atomic E-state index is 12.2. The number of ether oxygens (including phenoxy) is 1. The molecule has 0 N–H and O–H groups in total. The van der Waals surface area contributed by atoms with Gasteiger partial charge in [0.2, 0.25) is 5.91 Å². The molecule has 0 unspecified atom stereocenters. The maximum absolute atomic E-state index is 12.2. The van der Waals surface area contributed by atoms with Crippen LogP contribution >= 0.6 is 0 Å². The molecule has 116 valence electrons. The van der Waals surface area contributed by atoms with Crippen LogP contribution in [0.5, 0.6) is 5.75 Å². The molecule has 0 radical (unpaired) electrons. The largest absolute Gasteiger partial charge is 0.497 e. The van der Waals surface area contributed by atoms with E-state index < -0.39 is 0 Å². The third-order valence-corrected chi connectivity index (χ3v) is 3.48. The number of nitrogens with zero attached hydrogens (tertiary/aromatic N) is 2. The van der Waals surface area contributed by atoms with Gasteiger partial charge in [0.1, 0.15) is 5.75 Å². The predicted octanol–water partition coefficient (Wildman–Crippen LogP) is 2.55. The Morgan fingerprint density at radius 3 is 2.43 bits per heavy atom. The number of hydrogen-bond acceptors (Lipinski definition) is 3. The molecule has 0 spiro atoms. The van der Waals surface area contributed by atoms with E-state index >= 15 is 0 Å². The van der Waals surface area contributed by atoms with Crippen molar-refractivity contribution in [3.8, 4) is 5.75 Å². The first-order chi connectivity index (χ1) is 9.97. The van der Waals surface area contributed by atoms with Crippen LogP contribution in [-0.4, -0.2) is 49.0 Å². The van der Waals surface area contributed by atoms with Crippen molar-refractivity contribution in [2.75, 3.05) is 27.2 Å². The highest BCUT2D eigenvalue weighted by molar-refractivity contribution is 5.78. The molecule has 4 heteroatoms. The van der Waals surface area contributed by atoms with Gasteiger partial charge in [-0.15, -0.1) is 6.58 Å². The molecule has 1 amide bonds. The van der Waals surface area contributed by atoms with E-state index in [-0.39, 0.29) is 11.9 Å². The van der Waals surface area contributed by atoms with Gasteiger partial charge in [0.05, 0.1) is 13.7 Å². The summed E-state index contributed by atoms with van der Waals surface area (Å²) in [5.74, 6) is 0.963. The monoisotopic (exact) mass is 290 g/mol. The van der Waals surface area contributed by atoms with E-state index in [1.807, 2.05) is 51.2 Å². The van der Waals surface area contributed by atoms with Crippen molar-refractivity contribution in [1.29, 1.82) is 0 Å². The first-order valence-electron chi connectivity index (χ1n) is 7.19. The van der Waals surface area contributed by atoms with Crippen molar-refractivity contribution in [2.45, 2.75) is 26.4 Å². The minimum atomic E-state index is 0.125. The van der Waals surface area contributed by atoms with Crippen LogP contribution in [0.25, 0.3) is 0 Å². The lowest BCUT2D eigenvalue weighted by Crippen LogP contribution is -2.41. The smallest absolute Gasteiger partial charge is 0.236 e. The van der Waals surface area contributed by atoms with Gasteiger partial charge in [0.15, 0.2) is 0 Å². The molecular weight excluding hydrogens is 264 g/mol. The second kappa shape index (κ2) is 8.47. The van der Waals surface area contributed by atoms with Crippen molar-refractivity contribution in [2.24, 2.45) is 0 Å². The van der Waals surface area contributed by atoms with Crippen LogP contribution in [0.1, 0.15) is 19.4 Å². The molecule has 0 aliphatic carbocycles. The summed E-state index contributed by atoms with van der Waals surface area (Å²) in [7, 11) is 3.49. The zero-order valence-electron chi connectivity index (χ0n) is 13.5. The van der Waals surface area contributed by atoms with Gasteiger partial charge >= 0.3 is 0 Å². The second-order valence-corrected chi connectivity index (χ2v) is 5.40.